The lowest BCUT2D eigenvalue weighted by Crippen LogP contribution is -2.38. The Labute approximate surface area is 127 Å². The molecular formula is C17H26N2O2. The predicted molar refractivity (Wildman–Crippen MR) is 84.4 cm³/mol. The highest BCUT2D eigenvalue weighted by Gasteiger charge is 2.24. The normalized spacial score (nSPS) is 17.0. The summed E-state index contributed by atoms with van der Waals surface area (Å²) < 4.78 is 5.22. The molecule has 1 amide bonds. The van der Waals surface area contributed by atoms with E-state index >= 15 is 0 Å². The largest absolute Gasteiger partial charge is 0.497 e. The third-order valence-electron chi connectivity index (χ3n) is 4.08. The lowest BCUT2D eigenvalue weighted by Gasteiger charge is -2.28. The number of amides is 1. The first kappa shape index (κ1) is 15.8. The standard InChI is InChI=1S/C17H26N2O2/c1-13(2)17(20)18-12-16(19-10-4-5-11-19)14-6-8-15(21-3)9-7-14/h6-9,13,16H,4-5,10-12H2,1-3H3,(H,18,20)/t16-/m0/s1. The number of nitrogens with one attached hydrogen (secondary N) is 1. The Morgan fingerprint density at radius 2 is 1.86 bits per heavy atom. The van der Waals surface area contributed by atoms with Crippen molar-refractivity contribution in [1.29, 1.82) is 0 Å². The molecule has 0 radical (unpaired) electrons. The molecule has 1 saturated heterocycles. The zero-order valence-electron chi connectivity index (χ0n) is 13.3. The molecule has 1 aromatic carbocycles. The fourth-order valence-electron chi connectivity index (χ4n) is 2.74. The van der Waals surface area contributed by atoms with Gasteiger partial charge in [0.1, 0.15) is 5.75 Å². The van der Waals surface area contributed by atoms with E-state index in [1.165, 1.54) is 18.4 Å². The Morgan fingerprint density at radius 3 is 2.38 bits per heavy atom. The molecule has 1 heterocycles. The van der Waals surface area contributed by atoms with Crippen LogP contribution in [0, 0.1) is 5.92 Å². The van der Waals surface area contributed by atoms with Gasteiger partial charge in [-0.15, -0.1) is 0 Å². The second kappa shape index (κ2) is 7.46. The first-order valence-electron chi connectivity index (χ1n) is 7.77. The number of rotatable bonds is 6. The number of benzene rings is 1. The minimum absolute atomic E-state index is 0.0279. The molecule has 4 nitrogen and oxygen atoms in total. The second-order valence-corrected chi connectivity index (χ2v) is 5.93. The van der Waals surface area contributed by atoms with Crippen molar-refractivity contribution in [3.8, 4) is 5.75 Å². The second-order valence-electron chi connectivity index (χ2n) is 5.93. The molecule has 1 N–H and O–H groups in total. The molecule has 116 valence electrons. The lowest BCUT2D eigenvalue weighted by molar-refractivity contribution is -0.124. The van der Waals surface area contributed by atoms with Crippen molar-refractivity contribution in [2.75, 3.05) is 26.7 Å². The SMILES string of the molecule is COc1ccc([C@H](CNC(=O)C(C)C)N2CCCC2)cc1. The molecule has 1 atom stereocenters. The number of methoxy groups -OCH3 is 1. The van der Waals surface area contributed by atoms with Gasteiger partial charge in [-0.25, -0.2) is 0 Å². The molecule has 0 unspecified atom stereocenters. The Kier molecular flexibility index (Phi) is 5.62. The maximum Gasteiger partial charge on any atom is 0.222 e. The first-order chi connectivity index (χ1) is 10.1. The van der Waals surface area contributed by atoms with Gasteiger partial charge in [0, 0.05) is 12.5 Å². The van der Waals surface area contributed by atoms with Gasteiger partial charge in [-0.05, 0) is 43.6 Å². The van der Waals surface area contributed by atoms with Crippen LogP contribution in [0.5, 0.6) is 5.75 Å². The summed E-state index contributed by atoms with van der Waals surface area (Å²) >= 11 is 0. The fraction of sp³-hybridized carbons (Fsp3) is 0.588. The molecule has 4 heteroatoms. The Bertz CT molecular complexity index is 450. The van der Waals surface area contributed by atoms with E-state index in [2.05, 4.69) is 22.3 Å². The number of hydrogen-bond acceptors (Lipinski definition) is 3. The van der Waals surface area contributed by atoms with Gasteiger partial charge in [0.2, 0.25) is 5.91 Å². The maximum absolute atomic E-state index is 11.8. The Balaban J connectivity index is 2.08. The minimum atomic E-state index is 0.0279. The average Bonchev–Trinajstić information content (AvgIpc) is 3.02. The van der Waals surface area contributed by atoms with E-state index in [0.29, 0.717) is 6.54 Å². The van der Waals surface area contributed by atoms with Crippen molar-refractivity contribution in [2.45, 2.75) is 32.7 Å². The van der Waals surface area contributed by atoms with Crippen LogP contribution in [0.1, 0.15) is 38.3 Å². The average molecular weight is 290 g/mol. The summed E-state index contributed by atoms with van der Waals surface area (Å²) in [6, 6.07) is 8.43. The third kappa shape index (κ3) is 4.21. The molecule has 0 spiro atoms. The quantitative estimate of drug-likeness (QED) is 0.875. The highest BCUT2D eigenvalue weighted by Crippen LogP contribution is 2.26. The van der Waals surface area contributed by atoms with Crippen molar-refractivity contribution in [1.82, 2.24) is 10.2 Å². The van der Waals surface area contributed by atoms with Gasteiger partial charge in [0.15, 0.2) is 0 Å². The van der Waals surface area contributed by atoms with E-state index in [4.69, 9.17) is 4.74 Å². The van der Waals surface area contributed by atoms with Crippen LogP contribution in [-0.2, 0) is 4.79 Å². The molecule has 1 fully saturated rings. The summed E-state index contributed by atoms with van der Waals surface area (Å²) in [4.78, 5) is 14.3. The zero-order valence-corrected chi connectivity index (χ0v) is 13.3. The van der Waals surface area contributed by atoms with E-state index in [1.807, 2.05) is 26.0 Å². The van der Waals surface area contributed by atoms with Gasteiger partial charge in [-0.2, -0.15) is 0 Å². The summed E-state index contributed by atoms with van der Waals surface area (Å²) in [5.74, 6) is 1.01. The van der Waals surface area contributed by atoms with E-state index < -0.39 is 0 Å². The summed E-state index contributed by atoms with van der Waals surface area (Å²) in [5, 5.41) is 3.07. The Morgan fingerprint density at radius 1 is 1.24 bits per heavy atom. The van der Waals surface area contributed by atoms with Crippen LogP contribution in [0.2, 0.25) is 0 Å². The maximum atomic E-state index is 11.8. The van der Waals surface area contributed by atoms with Crippen LogP contribution < -0.4 is 10.1 Å². The number of likely N-dealkylation sites (tertiary alicyclic amines) is 1. The number of nitrogens with zero attached hydrogens (tertiary/aromatic N) is 1. The lowest BCUT2D eigenvalue weighted by atomic mass is 10.0. The van der Waals surface area contributed by atoms with Gasteiger partial charge >= 0.3 is 0 Å². The molecule has 0 bridgehead atoms. The van der Waals surface area contributed by atoms with Crippen molar-refractivity contribution < 1.29 is 9.53 Å². The first-order valence-corrected chi connectivity index (χ1v) is 7.77. The van der Waals surface area contributed by atoms with Crippen LogP contribution >= 0.6 is 0 Å². The van der Waals surface area contributed by atoms with Crippen molar-refractivity contribution >= 4 is 5.91 Å². The van der Waals surface area contributed by atoms with Crippen LogP contribution in [0.25, 0.3) is 0 Å². The van der Waals surface area contributed by atoms with E-state index in [1.54, 1.807) is 7.11 Å². The van der Waals surface area contributed by atoms with Crippen molar-refractivity contribution in [3.63, 3.8) is 0 Å². The highest BCUT2D eigenvalue weighted by atomic mass is 16.5. The topological polar surface area (TPSA) is 41.6 Å². The van der Waals surface area contributed by atoms with Gasteiger partial charge in [-0.3, -0.25) is 9.69 Å². The molecule has 1 aliphatic heterocycles. The van der Waals surface area contributed by atoms with Crippen molar-refractivity contribution in [3.05, 3.63) is 29.8 Å². The zero-order chi connectivity index (χ0) is 15.2. The predicted octanol–water partition coefficient (Wildman–Crippen LogP) is 2.60. The van der Waals surface area contributed by atoms with E-state index in [0.717, 1.165) is 18.8 Å². The molecule has 1 aliphatic rings. The number of carbonyl (C=O) groups is 1. The van der Waals surface area contributed by atoms with Gasteiger partial charge in [0.25, 0.3) is 0 Å². The number of hydrogen-bond donors (Lipinski definition) is 1. The number of ether oxygens (including phenoxy) is 1. The minimum Gasteiger partial charge on any atom is -0.497 e. The van der Waals surface area contributed by atoms with E-state index in [-0.39, 0.29) is 17.9 Å². The fourth-order valence-corrected chi connectivity index (χ4v) is 2.74. The molecule has 2 rings (SSSR count). The smallest absolute Gasteiger partial charge is 0.222 e. The molecule has 1 aromatic rings. The van der Waals surface area contributed by atoms with Crippen LogP contribution in [0.3, 0.4) is 0 Å². The summed E-state index contributed by atoms with van der Waals surface area (Å²) in [5.41, 5.74) is 1.24. The van der Waals surface area contributed by atoms with Gasteiger partial charge in [0.05, 0.1) is 13.2 Å². The Hall–Kier alpha value is -1.55. The van der Waals surface area contributed by atoms with Crippen LogP contribution in [0.4, 0.5) is 0 Å². The summed E-state index contributed by atoms with van der Waals surface area (Å²) in [7, 11) is 1.68. The van der Waals surface area contributed by atoms with Gasteiger partial charge < -0.3 is 10.1 Å². The van der Waals surface area contributed by atoms with Crippen LogP contribution in [-0.4, -0.2) is 37.6 Å². The monoisotopic (exact) mass is 290 g/mol. The highest BCUT2D eigenvalue weighted by molar-refractivity contribution is 5.77. The molecule has 21 heavy (non-hydrogen) atoms. The summed E-state index contributed by atoms with van der Waals surface area (Å²) in [6.07, 6.45) is 2.48. The third-order valence-corrected chi connectivity index (χ3v) is 4.08. The van der Waals surface area contributed by atoms with Gasteiger partial charge in [-0.1, -0.05) is 26.0 Å². The van der Waals surface area contributed by atoms with Crippen molar-refractivity contribution in [2.24, 2.45) is 5.92 Å². The molecular weight excluding hydrogens is 264 g/mol. The van der Waals surface area contributed by atoms with E-state index in [9.17, 15) is 4.79 Å². The summed E-state index contributed by atoms with van der Waals surface area (Å²) in [6.45, 7) is 6.73. The molecule has 0 aliphatic carbocycles. The van der Waals surface area contributed by atoms with Crippen LogP contribution in [0.15, 0.2) is 24.3 Å². The molecule has 0 aromatic heterocycles. The number of carbonyl (C=O) groups excluding carboxylic acids is 1. The molecule has 0 saturated carbocycles.